The highest BCUT2D eigenvalue weighted by Crippen LogP contribution is 2.56. The molecule has 0 saturated carbocycles. The Morgan fingerprint density at radius 1 is 0.667 bits per heavy atom. The number of nitrogens with zero attached hydrogens (tertiary/aromatic N) is 2. The predicted molar refractivity (Wildman–Crippen MR) is 212 cm³/mol. The predicted octanol–water partition coefficient (Wildman–Crippen LogP) is 12.5. The molecule has 7 aromatic rings. The third-order valence-electron chi connectivity index (χ3n) is 10.7. The third-order valence-corrected chi connectivity index (χ3v) is 12.2. The summed E-state index contributed by atoms with van der Waals surface area (Å²) < 4.78 is 6.28. The molecule has 3 heterocycles. The van der Waals surface area contributed by atoms with Crippen molar-refractivity contribution in [2.45, 2.75) is 29.4 Å². The van der Waals surface area contributed by atoms with Gasteiger partial charge in [-0.3, -0.25) is 0 Å². The first kappa shape index (κ1) is 30.1. The van der Waals surface area contributed by atoms with Gasteiger partial charge < -0.3 is 4.42 Å². The first-order chi connectivity index (χ1) is 25.2. The van der Waals surface area contributed by atoms with Gasteiger partial charge in [-0.05, 0) is 86.7 Å². The van der Waals surface area contributed by atoms with Crippen molar-refractivity contribution in [3.05, 3.63) is 180 Å². The summed E-state index contributed by atoms with van der Waals surface area (Å²) in [6.07, 6.45) is 14.5. The average Bonchev–Trinajstić information content (AvgIpc) is 3.77. The molecule has 3 unspecified atom stereocenters. The van der Waals surface area contributed by atoms with E-state index in [0.29, 0.717) is 17.1 Å². The highest BCUT2D eigenvalue weighted by atomic mass is 32.2. The van der Waals surface area contributed by atoms with Crippen LogP contribution in [0.4, 0.5) is 0 Å². The molecule has 3 aliphatic rings. The van der Waals surface area contributed by atoms with E-state index in [0.717, 1.165) is 45.3 Å². The summed E-state index contributed by atoms with van der Waals surface area (Å²) in [7, 11) is 0. The first-order valence-electron chi connectivity index (χ1n) is 17.7. The van der Waals surface area contributed by atoms with Crippen molar-refractivity contribution in [1.29, 1.82) is 0 Å². The fourth-order valence-electron chi connectivity index (χ4n) is 8.19. The van der Waals surface area contributed by atoms with Gasteiger partial charge in [0.2, 0.25) is 0 Å². The second kappa shape index (κ2) is 12.3. The van der Waals surface area contributed by atoms with E-state index in [9.17, 15) is 0 Å². The Hall–Kier alpha value is -5.71. The Labute approximate surface area is 301 Å². The lowest BCUT2D eigenvalue weighted by Gasteiger charge is -2.30. The van der Waals surface area contributed by atoms with Gasteiger partial charge in [0, 0.05) is 27.0 Å². The van der Waals surface area contributed by atoms with Crippen LogP contribution in [0.2, 0.25) is 0 Å². The van der Waals surface area contributed by atoms with Crippen molar-refractivity contribution >= 4 is 39.4 Å². The van der Waals surface area contributed by atoms with Gasteiger partial charge in [0.25, 0.3) is 0 Å². The summed E-state index contributed by atoms with van der Waals surface area (Å²) in [5.74, 6) is 0.825. The molecule has 3 nitrogen and oxygen atoms in total. The van der Waals surface area contributed by atoms with Gasteiger partial charge in [-0.2, -0.15) is 0 Å². The maximum absolute atomic E-state index is 6.28. The summed E-state index contributed by atoms with van der Waals surface area (Å²) in [6.45, 7) is 2.39. The van der Waals surface area contributed by atoms with E-state index in [4.69, 9.17) is 4.42 Å². The van der Waals surface area contributed by atoms with Crippen LogP contribution in [-0.4, -0.2) is 15.2 Å². The molecule has 0 radical (unpaired) electrons. The van der Waals surface area contributed by atoms with Crippen LogP contribution in [0.5, 0.6) is 0 Å². The average molecular weight is 675 g/mol. The lowest BCUT2D eigenvalue weighted by molar-refractivity contribution is 0.667. The van der Waals surface area contributed by atoms with Crippen molar-refractivity contribution < 1.29 is 4.42 Å². The van der Waals surface area contributed by atoms with Gasteiger partial charge in [0.05, 0.1) is 0 Å². The zero-order chi connectivity index (χ0) is 33.9. The van der Waals surface area contributed by atoms with Crippen LogP contribution in [0.3, 0.4) is 0 Å². The Balaban J connectivity index is 0.978. The minimum Gasteiger partial charge on any atom is -0.452 e. The fourth-order valence-corrected chi connectivity index (χ4v) is 9.82. The van der Waals surface area contributed by atoms with Crippen LogP contribution in [0.15, 0.2) is 178 Å². The van der Waals surface area contributed by atoms with Crippen molar-refractivity contribution in [3.63, 3.8) is 0 Å². The number of allylic oxidation sites excluding steroid dienone is 7. The Morgan fingerprint density at radius 2 is 1.41 bits per heavy atom. The zero-order valence-electron chi connectivity index (χ0n) is 28.2. The molecule has 0 bridgehead atoms. The number of hydrogen-bond acceptors (Lipinski definition) is 4. The van der Waals surface area contributed by atoms with Crippen LogP contribution < -0.4 is 0 Å². The molecule has 0 amide bonds. The molecule has 244 valence electrons. The molecule has 51 heavy (non-hydrogen) atoms. The number of para-hydroxylation sites is 1. The molecule has 0 fully saturated rings. The quantitative estimate of drug-likeness (QED) is 0.182. The molecular formula is C47H34N2OS. The summed E-state index contributed by atoms with van der Waals surface area (Å²) in [6, 6.07) is 43.3. The lowest BCUT2D eigenvalue weighted by atomic mass is 9.77. The molecule has 3 atom stereocenters. The number of furan rings is 1. The summed E-state index contributed by atoms with van der Waals surface area (Å²) >= 11 is 2.04. The molecule has 1 aliphatic heterocycles. The van der Waals surface area contributed by atoms with E-state index < -0.39 is 0 Å². The Kier molecular flexibility index (Phi) is 7.24. The van der Waals surface area contributed by atoms with Gasteiger partial charge >= 0.3 is 0 Å². The van der Waals surface area contributed by atoms with E-state index in [-0.39, 0.29) is 0 Å². The third kappa shape index (κ3) is 5.13. The van der Waals surface area contributed by atoms with E-state index in [1.165, 1.54) is 49.4 Å². The number of thioether (sulfide) groups is 1. The van der Waals surface area contributed by atoms with Crippen LogP contribution in [-0.2, 0) is 0 Å². The maximum atomic E-state index is 6.28. The Bertz CT molecular complexity index is 2620. The van der Waals surface area contributed by atoms with Crippen molar-refractivity contribution in [2.75, 3.05) is 0 Å². The zero-order valence-corrected chi connectivity index (χ0v) is 29.0. The lowest BCUT2D eigenvalue weighted by Crippen LogP contribution is -2.19. The van der Waals surface area contributed by atoms with E-state index in [1.54, 1.807) is 6.33 Å². The normalized spacial score (nSPS) is 19.4. The van der Waals surface area contributed by atoms with Crippen molar-refractivity contribution in [2.24, 2.45) is 5.92 Å². The SMILES string of the molecule is CC1CC(c2ccccc2)=CC=C1C1=CC=CC2c3cccc(-c4cccc(-c5cccc(-c6ncnc7c6oc6ccccc67)c5)c4)c3SC12. The molecule has 0 N–H and O–H groups in total. The standard InChI is InChI=1S/C47H34N2OS/c1-29-25-33(30-11-3-2-4-12-30)23-24-36(29)38-19-10-21-40-39-20-9-18-37(46(39)51-47(38)40)34-15-7-13-31(26-34)32-14-8-16-35(27-32)43-45-44(49-28-48-43)41-17-5-6-22-42(41)50-45/h2-24,26-29,40,47H,25H2,1H3. The second-order valence-electron chi connectivity index (χ2n) is 13.7. The van der Waals surface area contributed by atoms with Gasteiger partial charge in [-0.1, -0.05) is 134 Å². The minimum atomic E-state index is 0.361. The number of fused-ring (bicyclic) bond motifs is 6. The molecule has 0 saturated heterocycles. The maximum Gasteiger partial charge on any atom is 0.180 e. The fraction of sp³-hybridized carbons (Fsp3) is 0.106. The number of rotatable bonds is 5. The van der Waals surface area contributed by atoms with Crippen LogP contribution >= 0.6 is 11.8 Å². The first-order valence-corrected chi connectivity index (χ1v) is 18.6. The van der Waals surface area contributed by atoms with Crippen LogP contribution in [0, 0.1) is 5.92 Å². The smallest absolute Gasteiger partial charge is 0.180 e. The largest absolute Gasteiger partial charge is 0.452 e. The van der Waals surface area contributed by atoms with Crippen LogP contribution in [0.25, 0.3) is 61.2 Å². The molecule has 5 aromatic carbocycles. The van der Waals surface area contributed by atoms with Gasteiger partial charge in [-0.15, -0.1) is 11.8 Å². The molecule has 0 spiro atoms. The molecule has 10 rings (SSSR count). The van der Waals surface area contributed by atoms with Gasteiger partial charge in [0.1, 0.15) is 23.1 Å². The number of benzene rings is 5. The molecule has 4 heteroatoms. The summed E-state index contributed by atoms with van der Waals surface area (Å²) in [5.41, 5.74) is 16.2. The van der Waals surface area contributed by atoms with Crippen molar-refractivity contribution in [3.8, 4) is 33.5 Å². The molecule has 2 aromatic heterocycles. The number of aromatic nitrogens is 2. The highest BCUT2D eigenvalue weighted by Gasteiger charge is 2.39. The molecule has 2 aliphatic carbocycles. The minimum absolute atomic E-state index is 0.361. The number of hydrogen-bond donors (Lipinski definition) is 0. The summed E-state index contributed by atoms with van der Waals surface area (Å²) in [5, 5.41) is 1.37. The van der Waals surface area contributed by atoms with E-state index >= 15 is 0 Å². The van der Waals surface area contributed by atoms with Crippen molar-refractivity contribution in [1.82, 2.24) is 9.97 Å². The Morgan fingerprint density at radius 3 is 2.27 bits per heavy atom. The highest BCUT2D eigenvalue weighted by molar-refractivity contribution is 8.00. The topological polar surface area (TPSA) is 38.9 Å². The molecular weight excluding hydrogens is 641 g/mol. The second-order valence-corrected chi connectivity index (χ2v) is 14.9. The van der Waals surface area contributed by atoms with Gasteiger partial charge in [-0.25, -0.2) is 9.97 Å². The van der Waals surface area contributed by atoms with Gasteiger partial charge in [0.15, 0.2) is 5.58 Å². The van der Waals surface area contributed by atoms with Crippen LogP contribution in [0.1, 0.15) is 30.4 Å². The summed E-state index contributed by atoms with van der Waals surface area (Å²) in [4.78, 5) is 10.6. The van der Waals surface area contributed by atoms with E-state index in [1.807, 2.05) is 36.0 Å². The van der Waals surface area contributed by atoms with E-state index in [2.05, 4.69) is 144 Å². The monoisotopic (exact) mass is 674 g/mol.